The molecule has 3 nitrogen and oxygen atoms in total. The van der Waals surface area contributed by atoms with Crippen molar-refractivity contribution in [1.29, 1.82) is 0 Å². The van der Waals surface area contributed by atoms with Gasteiger partial charge in [0.05, 0.1) is 20.8 Å². The summed E-state index contributed by atoms with van der Waals surface area (Å²) in [5.74, 6) is -0.160. The molecule has 0 atom stereocenters. The standard InChI is InChI=1S/C9H11BrFNO2/c1-13-9-6(5-12-14-2)7(10)3-4-8(9)11/h3-4,12H,5H2,1-2H3. The fourth-order valence-electron chi connectivity index (χ4n) is 1.10. The van der Waals surface area contributed by atoms with E-state index in [-0.39, 0.29) is 11.6 Å². The van der Waals surface area contributed by atoms with E-state index in [1.54, 1.807) is 6.07 Å². The van der Waals surface area contributed by atoms with E-state index in [1.165, 1.54) is 20.3 Å². The average Bonchev–Trinajstić information content (AvgIpc) is 2.19. The van der Waals surface area contributed by atoms with E-state index < -0.39 is 0 Å². The molecule has 0 fully saturated rings. The maximum atomic E-state index is 13.2. The molecule has 0 spiro atoms. The summed E-state index contributed by atoms with van der Waals surface area (Å²) in [6.07, 6.45) is 0. The van der Waals surface area contributed by atoms with Crippen molar-refractivity contribution < 1.29 is 14.0 Å². The lowest BCUT2D eigenvalue weighted by atomic mass is 10.2. The van der Waals surface area contributed by atoms with Crippen molar-refractivity contribution in [2.24, 2.45) is 0 Å². The molecule has 0 radical (unpaired) electrons. The van der Waals surface area contributed by atoms with Gasteiger partial charge >= 0.3 is 0 Å². The van der Waals surface area contributed by atoms with Crippen LogP contribution in [-0.4, -0.2) is 14.2 Å². The normalized spacial score (nSPS) is 10.3. The number of nitrogens with one attached hydrogen (secondary N) is 1. The zero-order valence-electron chi connectivity index (χ0n) is 7.93. The van der Waals surface area contributed by atoms with Gasteiger partial charge in [0.25, 0.3) is 0 Å². The smallest absolute Gasteiger partial charge is 0.165 e. The van der Waals surface area contributed by atoms with Crippen molar-refractivity contribution in [1.82, 2.24) is 5.48 Å². The molecule has 0 aromatic heterocycles. The first-order chi connectivity index (χ1) is 6.70. The minimum Gasteiger partial charge on any atom is -0.493 e. The predicted octanol–water partition coefficient (Wildman–Crippen LogP) is 2.25. The maximum absolute atomic E-state index is 13.2. The zero-order chi connectivity index (χ0) is 10.6. The van der Waals surface area contributed by atoms with Crippen molar-refractivity contribution in [3.05, 3.63) is 28.0 Å². The van der Waals surface area contributed by atoms with E-state index >= 15 is 0 Å². The molecule has 0 heterocycles. The minimum atomic E-state index is -0.386. The third-order valence-electron chi connectivity index (χ3n) is 1.75. The minimum absolute atomic E-state index is 0.226. The summed E-state index contributed by atoms with van der Waals surface area (Å²) in [5.41, 5.74) is 3.32. The third kappa shape index (κ3) is 2.43. The number of methoxy groups -OCH3 is 1. The number of hydrogen-bond acceptors (Lipinski definition) is 3. The van der Waals surface area contributed by atoms with E-state index in [1.807, 2.05) is 0 Å². The molecule has 5 heteroatoms. The summed E-state index contributed by atoms with van der Waals surface area (Å²) in [4.78, 5) is 4.69. The molecule has 14 heavy (non-hydrogen) atoms. The fraction of sp³-hybridized carbons (Fsp3) is 0.333. The van der Waals surface area contributed by atoms with Crippen LogP contribution in [0.5, 0.6) is 5.75 Å². The molecule has 0 aliphatic heterocycles. The van der Waals surface area contributed by atoms with E-state index in [0.29, 0.717) is 12.1 Å². The van der Waals surface area contributed by atoms with Gasteiger partial charge in [0.15, 0.2) is 11.6 Å². The number of halogens is 2. The van der Waals surface area contributed by atoms with E-state index in [0.717, 1.165) is 4.47 Å². The van der Waals surface area contributed by atoms with Gasteiger partial charge in [0.1, 0.15) is 0 Å². The van der Waals surface area contributed by atoms with Crippen LogP contribution < -0.4 is 10.2 Å². The largest absolute Gasteiger partial charge is 0.493 e. The van der Waals surface area contributed by atoms with Crippen LogP contribution in [0.3, 0.4) is 0 Å². The molecular weight excluding hydrogens is 253 g/mol. The highest BCUT2D eigenvalue weighted by Crippen LogP contribution is 2.29. The second kappa shape index (κ2) is 5.29. The van der Waals surface area contributed by atoms with Gasteiger partial charge in [-0.25, -0.2) is 4.39 Å². The molecule has 0 aliphatic carbocycles. The molecule has 78 valence electrons. The van der Waals surface area contributed by atoms with Crippen LogP contribution in [0.1, 0.15) is 5.56 Å². The summed E-state index contributed by atoms with van der Waals surface area (Å²) in [5, 5.41) is 0. The molecule has 0 unspecified atom stereocenters. The highest BCUT2D eigenvalue weighted by Gasteiger charge is 2.12. The van der Waals surface area contributed by atoms with Crippen molar-refractivity contribution in [3.63, 3.8) is 0 Å². The van der Waals surface area contributed by atoms with Gasteiger partial charge < -0.3 is 9.57 Å². The highest BCUT2D eigenvalue weighted by atomic mass is 79.9. The number of ether oxygens (including phenoxy) is 1. The number of hydrogen-bond donors (Lipinski definition) is 1. The Balaban J connectivity index is 3.03. The first-order valence-electron chi connectivity index (χ1n) is 3.97. The predicted molar refractivity (Wildman–Crippen MR) is 54.5 cm³/mol. The van der Waals surface area contributed by atoms with Crippen LogP contribution in [0, 0.1) is 5.82 Å². The lowest BCUT2D eigenvalue weighted by molar-refractivity contribution is 0.0858. The van der Waals surface area contributed by atoms with Gasteiger partial charge in [-0.3, -0.25) is 0 Å². The second-order valence-corrected chi connectivity index (χ2v) is 3.42. The quantitative estimate of drug-likeness (QED) is 0.846. The van der Waals surface area contributed by atoms with Crippen molar-refractivity contribution in [2.45, 2.75) is 6.54 Å². The Kier molecular flexibility index (Phi) is 4.31. The van der Waals surface area contributed by atoms with E-state index in [4.69, 9.17) is 9.57 Å². The van der Waals surface area contributed by atoms with E-state index in [2.05, 4.69) is 21.4 Å². The molecule has 0 aliphatic rings. The molecule has 0 saturated carbocycles. The Morgan fingerprint density at radius 1 is 1.43 bits per heavy atom. The molecule has 1 aromatic carbocycles. The lowest BCUT2D eigenvalue weighted by Gasteiger charge is -2.11. The maximum Gasteiger partial charge on any atom is 0.165 e. The highest BCUT2D eigenvalue weighted by molar-refractivity contribution is 9.10. The van der Waals surface area contributed by atoms with Crippen molar-refractivity contribution >= 4 is 15.9 Å². The number of hydroxylamine groups is 1. The monoisotopic (exact) mass is 263 g/mol. The Morgan fingerprint density at radius 3 is 2.71 bits per heavy atom. The average molecular weight is 264 g/mol. The molecule has 0 amide bonds. The molecule has 1 aromatic rings. The first-order valence-corrected chi connectivity index (χ1v) is 4.76. The van der Waals surface area contributed by atoms with Gasteiger partial charge in [-0.05, 0) is 12.1 Å². The van der Waals surface area contributed by atoms with Crippen LogP contribution in [0.4, 0.5) is 4.39 Å². The van der Waals surface area contributed by atoms with Crippen LogP contribution in [0.2, 0.25) is 0 Å². The Bertz CT molecular complexity index is 320. The summed E-state index contributed by atoms with van der Waals surface area (Å²) in [6.45, 7) is 0.373. The number of rotatable bonds is 4. The Morgan fingerprint density at radius 2 is 2.14 bits per heavy atom. The summed E-state index contributed by atoms with van der Waals surface area (Å²) < 4.78 is 19.0. The topological polar surface area (TPSA) is 30.5 Å². The summed E-state index contributed by atoms with van der Waals surface area (Å²) >= 11 is 3.31. The second-order valence-electron chi connectivity index (χ2n) is 2.57. The van der Waals surface area contributed by atoms with Crippen LogP contribution in [-0.2, 0) is 11.4 Å². The summed E-state index contributed by atoms with van der Waals surface area (Å²) in [6, 6.07) is 2.98. The molecule has 0 bridgehead atoms. The van der Waals surface area contributed by atoms with Gasteiger partial charge in [-0.1, -0.05) is 15.9 Å². The zero-order valence-corrected chi connectivity index (χ0v) is 9.52. The fourth-order valence-corrected chi connectivity index (χ4v) is 1.56. The molecule has 1 N–H and O–H groups in total. The van der Waals surface area contributed by atoms with Gasteiger partial charge in [-0.15, -0.1) is 0 Å². The first kappa shape index (κ1) is 11.4. The van der Waals surface area contributed by atoms with Crippen LogP contribution in [0.25, 0.3) is 0 Å². The SMILES string of the molecule is CONCc1c(Br)ccc(F)c1OC. The van der Waals surface area contributed by atoms with Gasteiger partial charge in [0.2, 0.25) is 0 Å². The Hall–Kier alpha value is -0.650. The molecule has 1 rings (SSSR count). The number of benzene rings is 1. The third-order valence-corrected chi connectivity index (χ3v) is 2.50. The van der Waals surface area contributed by atoms with E-state index in [9.17, 15) is 4.39 Å². The van der Waals surface area contributed by atoms with Gasteiger partial charge in [0, 0.05) is 10.0 Å². The Labute approximate surface area is 90.3 Å². The lowest BCUT2D eigenvalue weighted by Crippen LogP contribution is -2.12. The summed E-state index contributed by atoms with van der Waals surface area (Å²) in [7, 11) is 2.93. The molecular formula is C9H11BrFNO2. The van der Waals surface area contributed by atoms with Crippen LogP contribution in [0.15, 0.2) is 16.6 Å². The molecule has 0 saturated heterocycles. The van der Waals surface area contributed by atoms with Crippen LogP contribution >= 0.6 is 15.9 Å². The van der Waals surface area contributed by atoms with Crippen molar-refractivity contribution in [2.75, 3.05) is 14.2 Å². The van der Waals surface area contributed by atoms with Gasteiger partial charge in [-0.2, -0.15) is 5.48 Å². The van der Waals surface area contributed by atoms with Crippen molar-refractivity contribution in [3.8, 4) is 5.75 Å².